The van der Waals surface area contributed by atoms with Gasteiger partial charge in [-0.15, -0.1) is 0 Å². The van der Waals surface area contributed by atoms with Crippen LogP contribution in [-0.4, -0.2) is 27.4 Å². The van der Waals surface area contributed by atoms with Crippen LogP contribution in [-0.2, 0) is 13.5 Å². The van der Waals surface area contributed by atoms with Crippen LogP contribution in [0.5, 0.6) is 0 Å². The van der Waals surface area contributed by atoms with E-state index < -0.39 is 0 Å². The number of benzene rings is 1. The standard InChI is InChI=1S/C15H19BrN4/c1-20-15(18-10-19-20)8-11(9-17-12-6-7-12)13-4-2-3-5-14(13)16/h2-5,10-12,17H,6-9H2,1H3. The van der Waals surface area contributed by atoms with Crippen LogP contribution < -0.4 is 5.32 Å². The van der Waals surface area contributed by atoms with Crippen LogP contribution in [0.3, 0.4) is 0 Å². The van der Waals surface area contributed by atoms with Crippen LogP contribution in [0.15, 0.2) is 35.1 Å². The Balaban J connectivity index is 1.79. The Labute approximate surface area is 127 Å². The molecule has 5 heteroatoms. The van der Waals surface area contributed by atoms with Crippen LogP contribution in [0.4, 0.5) is 0 Å². The van der Waals surface area contributed by atoms with E-state index in [1.54, 1.807) is 6.33 Å². The highest BCUT2D eigenvalue weighted by atomic mass is 79.9. The Bertz CT molecular complexity index is 577. The van der Waals surface area contributed by atoms with Gasteiger partial charge in [-0.2, -0.15) is 5.10 Å². The lowest BCUT2D eigenvalue weighted by Gasteiger charge is -2.19. The lowest BCUT2D eigenvalue weighted by molar-refractivity contribution is 0.550. The third kappa shape index (κ3) is 3.27. The molecule has 1 fully saturated rings. The molecule has 106 valence electrons. The third-order valence-electron chi connectivity index (χ3n) is 3.81. The second-order valence-corrected chi connectivity index (χ2v) is 6.26. The topological polar surface area (TPSA) is 42.7 Å². The molecule has 2 aromatic rings. The molecule has 1 N–H and O–H groups in total. The molecular weight excluding hydrogens is 316 g/mol. The van der Waals surface area contributed by atoms with Crippen molar-refractivity contribution < 1.29 is 0 Å². The van der Waals surface area contributed by atoms with Gasteiger partial charge < -0.3 is 5.32 Å². The first-order valence-corrected chi connectivity index (χ1v) is 7.84. The van der Waals surface area contributed by atoms with Crippen molar-refractivity contribution in [3.05, 3.63) is 46.5 Å². The van der Waals surface area contributed by atoms with E-state index in [0.717, 1.165) is 24.8 Å². The molecule has 1 heterocycles. The first kappa shape index (κ1) is 13.8. The van der Waals surface area contributed by atoms with E-state index in [1.807, 2.05) is 11.7 Å². The largest absolute Gasteiger partial charge is 0.313 e. The summed E-state index contributed by atoms with van der Waals surface area (Å²) in [6, 6.07) is 9.18. The third-order valence-corrected chi connectivity index (χ3v) is 4.53. The number of aryl methyl sites for hydroxylation is 1. The quantitative estimate of drug-likeness (QED) is 0.883. The van der Waals surface area contributed by atoms with Crippen molar-refractivity contribution in [2.75, 3.05) is 6.54 Å². The highest BCUT2D eigenvalue weighted by Crippen LogP contribution is 2.28. The van der Waals surface area contributed by atoms with Gasteiger partial charge in [-0.1, -0.05) is 34.1 Å². The Morgan fingerprint density at radius 1 is 1.40 bits per heavy atom. The Kier molecular flexibility index (Phi) is 4.17. The molecule has 1 aliphatic rings. The molecule has 1 aromatic carbocycles. The number of aromatic nitrogens is 3. The lowest BCUT2D eigenvalue weighted by atomic mass is 9.95. The maximum atomic E-state index is 4.36. The van der Waals surface area contributed by atoms with Gasteiger partial charge in [-0.25, -0.2) is 4.98 Å². The molecule has 3 rings (SSSR count). The van der Waals surface area contributed by atoms with Gasteiger partial charge in [0.25, 0.3) is 0 Å². The normalized spacial score (nSPS) is 16.3. The summed E-state index contributed by atoms with van der Waals surface area (Å²) in [5.74, 6) is 1.44. The zero-order valence-electron chi connectivity index (χ0n) is 11.6. The number of nitrogens with one attached hydrogen (secondary N) is 1. The van der Waals surface area contributed by atoms with Crippen molar-refractivity contribution in [3.8, 4) is 0 Å². The summed E-state index contributed by atoms with van der Waals surface area (Å²) in [5, 5.41) is 7.80. The fraction of sp³-hybridized carbons (Fsp3) is 0.467. The number of hydrogen-bond acceptors (Lipinski definition) is 3. The highest BCUT2D eigenvalue weighted by molar-refractivity contribution is 9.10. The molecule has 20 heavy (non-hydrogen) atoms. The molecule has 0 radical (unpaired) electrons. The number of nitrogens with zero attached hydrogens (tertiary/aromatic N) is 3. The van der Waals surface area contributed by atoms with E-state index in [9.17, 15) is 0 Å². The Morgan fingerprint density at radius 2 is 2.20 bits per heavy atom. The zero-order chi connectivity index (χ0) is 13.9. The smallest absolute Gasteiger partial charge is 0.138 e. The minimum absolute atomic E-state index is 0.411. The van der Waals surface area contributed by atoms with Crippen molar-refractivity contribution in [1.82, 2.24) is 20.1 Å². The van der Waals surface area contributed by atoms with Gasteiger partial charge in [0.1, 0.15) is 12.2 Å². The van der Waals surface area contributed by atoms with E-state index >= 15 is 0 Å². The average molecular weight is 335 g/mol. The second kappa shape index (κ2) is 6.06. The monoisotopic (exact) mass is 334 g/mol. The maximum Gasteiger partial charge on any atom is 0.138 e. The zero-order valence-corrected chi connectivity index (χ0v) is 13.2. The van der Waals surface area contributed by atoms with E-state index in [1.165, 1.54) is 22.9 Å². The Hall–Kier alpha value is -1.20. The summed E-state index contributed by atoms with van der Waals surface area (Å²) in [6.45, 7) is 0.986. The molecule has 1 aromatic heterocycles. The Morgan fingerprint density at radius 3 is 2.85 bits per heavy atom. The number of hydrogen-bond donors (Lipinski definition) is 1. The lowest BCUT2D eigenvalue weighted by Crippen LogP contribution is -2.25. The van der Waals surface area contributed by atoms with Crippen LogP contribution in [0.25, 0.3) is 0 Å². The first-order valence-electron chi connectivity index (χ1n) is 7.04. The summed E-state index contributed by atoms with van der Waals surface area (Å²) in [7, 11) is 1.95. The molecule has 0 aliphatic heterocycles. The van der Waals surface area contributed by atoms with Crippen molar-refractivity contribution in [2.24, 2.45) is 7.05 Å². The van der Waals surface area contributed by atoms with Gasteiger partial charge in [0.05, 0.1) is 0 Å². The van der Waals surface area contributed by atoms with Crippen molar-refractivity contribution in [1.29, 1.82) is 0 Å². The highest BCUT2D eigenvalue weighted by Gasteiger charge is 2.24. The first-order chi connectivity index (χ1) is 9.74. The fourth-order valence-electron chi connectivity index (χ4n) is 2.42. The van der Waals surface area contributed by atoms with E-state index in [0.29, 0.717) is 5.92 Å². The average Bonchev–Trinajstić information content (AvgIpc) is 3.19. The minimum atomic E-state index is 0.411. The second-order valence-electron chi connectivity index (χ2n) is 5.40. The molecule has 0 amide bonds. The van der Waals surface area contributed by atoms with E-state index in [-0.39, 0.29) is 0 Å². The van der Waals surface area contributed by atoms with Crippen LogP contribution in [0.1, 0.15) is 30.1 Å². The molecule has 0 saturated heterocycles. The summed E-state index contributed by atoms with van der Waals surface area (Å²) in [4.78, 5) is 4.36. The van der Waals surface area contributed by atoms with Gasteiger partial charge in [0, 0.05) is 36.4 Å². The van der Waals surface area contributed by atoms with Crippen molar-refractivity contribution in [2.45, 2.75) is 31.2 Å². The van der Waals surface area contributed by atoms with Crippen LogP contribution >= 0.6 is 15.9 Å². The van der Waals surface area contributed by atoms with Gasteiger partial charge >= 0.3 is 0 Å². The number of halogens is 1. The fourth-order valence-corrected chi connectivity index (χ4v) is 3.03. The molecule has 0 bridgehead atoms. The van der Waals surface area contributed by atoms with Gasteiger partial charge in [0.2, 0.25) is 0 Å². The van der Waals surface area contributed by atoms with Crippen molar-refractivity contribution in [3.63, 3.8) is 0 Å². The summed E-state index contributed by atoms with van der Waals surface area (Å²) in [6.07, 6.45) is 5.15. The van der Waals surface area contributed by atoms with Crippen LogP contribution in [0.2, 0.25) is 0 Å². The molecule has 1 atom stereocenters. The molecular formula is C15H19BrN4. The van der Waals surface area contributed by atoms with Crippen molar-refractivity contribution >= 4 is 15.9 Å². The van der Waals surface area contributed by atoms with Gasteiger partial charge in [0.15, 0.2) is 0 Å². The summed E-state index contributed by atoms with van der Waals surface area (Å²) < 4.78 is 3.03. The summed E-state index contributed by atoms with van der Waals surface area (Å²) in [5.41, 5.74) is 1.34. The van der Waals surface area contributed by atoms with E-state index in [2.05, 4.69) is 55.6 Å². The maximum absolute atomic E-state index is 4.36. The van der Waals surface area contributed by atoms with Gasteiger partial charge in [-0.3, -0.25) is 4.68 Å². The predicted molar refractivity (Wildman–Crippen MR) is 82.6 cm³/mol. The van der Waals surface area contributed by atoms with Crippen LogP contribution in [0, 0.1) is 0 Å². The predicted octanol–water partition coefficient (Wildman–Crippen LogP) is 2.66. The SMILES string of the molecule is Cn1ncnc1CC(CNC1CC1)c1ccccc1Br. The molecule has 1 saturated carbocycles. The van der Waals surface area contributed by atoms with E-state index in [4.69, 9.17) is 0 Å². The molecule has 4 nitrogen and oxygen atoms in total. The molecule has 1 unspecified atom stereocenters. The summed E-state index contributed by atoms with van der Waals surface area (Å²) >= 11 is 3.67. The minimum Gasteiger partial charge on any atom is -0.313 e. The number of rotatable bonds is 6. The van der Waals surface area contributed by atoms with Gasteiger partial charge in [-0.05, 0) is 24.5 Å². The molecule has 0 spiro atoms. The molecule has 1 aliphatic carbocycles.